The molecule has 1 aromatic heterocycles. The smallest absolute Gasteiger partial charge is 0.0788 e. The number of pyridine rings is 1. The van der Waals surface area contributed by atoms with Gasteiger partial charge < -0.3 is 0 Å². The predicted molar refractivity (Wildman–Crippen MR) is 207 cm³/mol. The summed E-state index contributed by atoms with van der Waals surface area (Å²) in [5.74, 6) is 0.161. The Labute approximate surface area is 290 Å². The third kappa shape index (κ3) is 3.63. The van der Waals surface area contributed by atoms with Crippen molar-refractivity contribution in [2.24, 2.45) is 10.9 Å². The SMILES string of the molecule is C1=CC=C2N=CC(c3cccc(-c4nc5ccccc5c5c6c(ccc45)C4(c5ccccc5-c5ccccc54)c4ccccc4-6)c3)=CC2C=C1. The van der Waals surface area contributed by atoms with Crippen LogP contribution in [0.1, 0.15) is 27.8 Å². The first-order chi connectivity index (χ1) is 24.8. The minimum Gasteiger partial charge on any atom is -0.260 e. The lowest BCUT2D eigenvalue weighted by Crippen LogP contribution is -2.25. The minimum absolute atomic E-state index is 0.161. The van der Waals surface area contributed by atoms with Gasteiger partial charge >= 0.3 is 0 Å². The van der Waals surface area contributed by atoms with Gasteiger partial charge in [-0.25, -0.2) is 4.98 Å². The van der Waals surface area contributed by atoms with Gasteiger partial charge in [0.2, 0.25) is 0 Å². The molecule has 232 valence electrons. The average Bonchev–Trinajstić information content (AvgIpc) is 3.52. The fourth-order valence-corrected chi connectivity index (χ4v) is 9.12. The Morgan fingerprint density at radius 1 is 0.540 bits per heavy atom. The van der Waals surface area contributed by atoms with Gasteiger partial charge in [-0.1, -0.05) is 152 Å². The van der Waals surface area contributed by atoms with Crippen LogP contribution in [-0.4, -0.2) is 11.2 Å². The highest BCUT2D eigenvalue weighted by Crippen LogP contribution is 2.64. The van der Waals surface area contributed by atoms with Crippen molar-refractivity contribution >= 4 is 33.5 Å². The van der Waals surface area contributed by atoms with Crippen LogP contribution in [0.25, 0.3) is 60.8 Å². The van der Waals surface area contributed by atoms with Gasteiger partial charge in [-0.05, 0) is 73.9 Å². The normalized spacial score (nSPS) is 17.2. The standard InChI is InChI=1S/C48H30N2/c1-2-13-31-28-33(29-49-43(31)23-3-1)30-14-12-15-32(27-30)47-38-25-26-42-46(45(38)37-19-7-11-24-44(37)50-47)36-18-6-10-22-41(36)48(42)39-20-8-4-16-34(39)35-17-5-9-21-40(35)48/h1-29,31H. The maximum Gasteiger partial charge on any atom is 0.0788 e. The first-order valence-corrected chi connectivity index (χ1v) is 17.4. The maximum atomic E-state index is 5.40. The van der Waals surface area contributed by atoms with E-state index in [1.54, 1.807) is 0 Å². The molecule has 7 aromatic rings. The number of dihydropyridines is 1. The molecule has 1 aliphatic heterocycles. The Bertz CT molecular complexity index is 2730. The van der Waals surface area contributed by atoms with E-state index in [0.29, 0.717) is 0 Å². The minimum atomic E-state index is -0.389. The van der Waals surface area contributed by atoms with Gasteiger partial charge in [0.05, 0.1) is 22.3 Å². The van der Waals surface area contributed by atoms with Crippen LogP contribution in [0.15, 0.2) is 181 Å². The van der Waals surface area contributed by atoms with Crippen molar-refractivity contribution in [3.05, 3.63) is 203 Å². The molecule has 50 heavy (non-hydrogen) atoms. The molecule has 4 aliphatic rings. The Kier molecular flexibility index (Phi) is 5.68. The molecule has 2 nitrogen and oxygen atoms in total. The molecule has 2 heterocycles. The molecule has 0 fully saturated rings. The molecule has 1 unspecified atom stereocenters. The van der Waals surface area contributed by atoms with E-state index in [9.17, 15) is 0 Å². The van der Waals surface area contributed by atoms with E-state index in [-0.39, 0.29) is 11.3 Å². The van der Waals surface area contributed by atoms with E-state index in [1.807, 2.05) is 6.21 Å². The summed E-state index contributed by atoms with van der Waals surface area (Å²) in [6.07, 6.45) is 14.8. The summed E-state index contributed by atoms with van der Waals surface area (Å²) in [6.45, 7) is 0. The van der Waals surface area contributed by atoms with Crippen LogP contribution in [-0.2, 0) is 5.41 Å². The first-order valence-electron chi connectivity index (χ1n) is 17.4. The van der Waals surface area contributed by atoms with Crippen LogP contribution in [0.3, 0.4) is 0 Å². The van der Waals surface area contributed by atoms with Gasteiger partial charge in [0.1, 0.15) is 0 Å². The van der Waals surface area contributed by atoms with Crippen LogP contribution < -0.4 is 0 Å². The van der Waals surface area contributed by atoms with Crippen molar-refractivity contribution in [3.8, 4) is 33.5 Å². The molecule has 0 amide bonds. The van der Waals surface area contributed by atoms with Crippen LogP contribution in [0.2, 0.25) is 0 Å². The molecule has 3 aliphatic carbocycles. The Morgan fingerprint density at radius 2 is 1.24 bits per heavy atom. The van der Waals surface area contributed by atoms with Crippen molar-refractivity contribution in [1.82, 2.24) is 4.98 Å². The number of hydrogen-bond acceptors (Lipinski definition) is 2. The van der Waals surface area contributed by atoms with Gasteiger partial charge in [-0.2, -0.15) is 0 Å². The highest BCUT2D eigenvalue weighted by atomic mass is 14.8. The molecule has 1 spiro atoms. The van der Waals surface area contributed by atoms with Gasteiger partial charge in [0.15, 0.2) is 0 Å². The molecule has 0 bridgehead atoms. The summed E-state index contributed by atoms with van der Waals surface area (Å²) in [5.41, 5.74) is 16.7. The summed E-state index contributed by atoms with van der Waals surface area (Å²) in [5, 5.41) is 3.62. The fourth-order valence-electron chi connectivity index (χ4n) is 9.12. The summed E-state index contributed by atoms with van der Waals surface area (Å²) < 4.78 is 0. The number of aliphatic imine (C=N–C) groups is 1. The molecule has 6 aromatic carbocycles. The van der Waals surface area contributed by atoms with Crippen molar-refractivity contribution in [2.45, 2.75) is 5.41 Å². The second-order valence-corrected chi connectivity index (χ2v) is 13.6. The zero-order valence-corrected chi connectivity index (χ0v) is 27.2. The van der Waals surface area contributed by atoms with E-state index in [1.165, 1.54) is 60.7 Å². The highest BCUT2D eigenvalue weighted by Gasteiger charge is 2.52. The van der Waals surface area contributed by atoms with Gasteiger partial charge in [-0.3, -0.25) is 4.99 Å². The Morgan fingerprint density at radius 3 is 2.06 bits per heavy atom. The van der Waals surface area contributed by atoms with Gasteiger partial charge in [0.25, 0.3) is 0 Å². The number of rotatable bonds is 2. The van der Waals surface area contributed by atoms with Crippen LogP contribution in [0, 0.1) is 5.92 Å². The number of fused-ring (bicyclic) bond motifs is 15. The quantitative estimate of drug-likeness (QED) is 0.174. The average molecular weight is 635 g/mol. The number of hydrogen-bond donors (Lipinski definition) is 0. The van der Waals surface area contributed by atoms with Crippen LogP contribution in [0.4, 0.5) is 0 Å². The summed E-state index contributed by atoms with van der Waals surface area (Å²) in [6, 6.07) is 49.3. The van der Waals surface area contributed by atoms with E-state index < -0.39 is 0 Å². The van der Waals surface area contributed by atoms with E-state index in [4.69, 9.17) is 9.98 Å². The van der Waals surface area contributed by atoms with Crippen molar-refractivity contribution in [2.75, 3.05) is 0 Å². The summed E-state index contributed by atoms with van der Waals surface area (Å²) in [7, 11) is 0. The molecular formula is C48H30N2. The zero-order valence-electron chi connectivity index (χ0n) is 27.2. The monoisotopic (exact) mass is 634 g/mol. The van der Waals surface area contributed by atoms with E-state index in [0.717, 1.165) is 33.6 Å². The molecule has 11 rings (SSSR count). The van der Waals surface area contributed by atoms with Crippen molar-refractivity contribution < 1.29 is 0 Å². The number of para-hydroxylation sites is 1. The molecule has 0 saturated carbocycles. The Hall–Kier alpha value is -6.38. The number of nitrogens with zero attached hydrogens (tertiary/aromatic N) is 2. The summed E-state index contributed by atoms with van der Waals surface area (Å²) >= 11 is 0. The van der Waals surface area contributed by atoms with Crippen molar-refractivity contribution in [3.63, 3.8) is 0 Å². The third-order valence-corrected chi connectivity index (χ3v) is 11.2. The highest BCUT2D eigenvalue weighted by molar-refractivity contribution is 6.20. The molecule has 0 saturated heterocycles. The molecule has 0 N–H and O–H groups in total. The molecule has 1 atom stereocenters. The van der Waals surface area contributed by atoms with Crippen LogP contribution in [0.5, 0.6) is 0 Å². The largest absolute Gasteiger partial charge is 0.260 e. The lowest BCUT2D eigenvalue weighted by molar-refractivity contribution is 0.794. The zero-order chi connectivity index (χ0) is 32.8. The predicted octanol–water partition coefficient (Wildman–Crippen LogP) is 11.5. The van der Waals surface area contributed by atoms with Crippen molar-refractivity contribution in [1.29, 1.82) is 0 Å². The Balaban J connectivity index is 1.19. The third-order valence-electron chi connectivity index (χ3n) is 11.2. The maximum absolute atomic E-state index is 5.40. The number of aromatic nitrogens is 1. The fraction of sp³-hybridized carbons (Fsp3) is 0.0417. The van der Waals surface area contributed by atoms with Gasteiger partial charge in [0, 0.05) is 33.9 Å². The lowest BCUT2D eigenvalue weighted by atomic mass is 9.70. The molecule has 0 radical (unpaired) electrons. The number of allylic oxidation sites excluding steroid dienone is 6. The summed E-state index contributed by atoms with van der Waals surface area (Å²) in [4.78, 5) is 10.2. The second kappa shape index (κ2) is 10.3. The topological polar surface area (TPSA) is 25.2 Å². The van der Waals surface area contributed by atoms with Gasteiger partial charge in [-0.15, -0.1) is 0 Å². The second-order valence-electron chi connectivity index (χ2n) is 13.6. The molecule has 2 heteroatoms. The number of benzene rings is 6. The van der Waals surface area contributed by atoms with E-state index >= 15 is 0 Å². The van der Waals surface area contributed by atoms with Crippen LogP contribution >= 0.6 is 0 Å². The molecular weight excluding hydrogens is 605 g/mol. The first kappa shape index (κ1) is 27.6. The van der Waals surface area contributed by atoms with E-state index in [2.05, 4.69) is 170 Å². The lowest BCUT2D eigenvalue weighted by Gasteiger charge is -2.30.